The van der Waals surface area contributed by atoms with Crippen molar-refractivity contribution in [3.8, 4) is 17.1 Å². The average Bonchev–Trinajstić information content (AvgIpc) is 2.86. The maximum absolute atomic E-state index is 11.5. The Morgan fingerprint density at radius 3 is 2.55 bits per heavy atom. The molecule has 20 heavy (non-hydrogen) atoms. The third-order valence-electron chi connectivity index (χ3n) is 2.60. The molecule has 0 aliphatic carbocycles. The number of aromatic nitrogens is 1. The fraction of sp³-hybridized carbons (Fsp3) is 0.167. The molecule has 0 unspecified atom stereocenters. The SMILES string of the molecule is COc1cc(S(C)(=O)=O)ccc1-c1cc(C(=O)O)no1. The summed E-state index contributed by atoms with van der Waals surface area (Å²) in [5, 5.41) is 12.2. The van der Waals surface area contributed by atoms with E-state index in [0.717, 1.165) is 6.26 Å². The Balaban J connectivity index is 2.54. The molecule has 0 saturated carbocycles. The average molecular weight is 297 g/mol. The van der Waals surface area contributed by atoms with Gasteiger partial charge in [0, 0.05) is 12.3 Å². The highest BCUT2D eigenvalue weighted by molar-refractivity contribution is 7.90. The Bertz CT molecular complexity index is 762. The van der Waals surface area contributed by atoms with Gasteiger partial charge in [-0.3, -0.25) is 0 Å². The first-order valence-electron chi connectivity index (χ1n) is 5.41. The fourth-order valence-electron chi connectivity index (χ4n) is 1.61. The first-order valence-corrected chi connectivity index (χ1v) is 7.30. The zero-order chi connectivity index (χ0) is 14.9. The fourth-order valence-corrected chi connectivity index (χ4v) is 2.25. The van der Waals surface area contributed by atoms with Crippen molar-refractivity contribution in [1.29, 1.82) is 0 Å². The van der Waals surface area contributed by atoms with Gasteiger partial charge in [-0.25, -0.2) is 13.2 Å². The molecule has 0 amide bonds. The topological polar surface area (TPSA) is 107 Å². The van der Waals surface area contributed by atoms with Gasteiger partial charge in [0.15, 0.2) is 21.3 Å². The molecule has 0 fully saturated rings. The second kappa shape index (κ2) is 4.97. The van der Waals surface area contributed by atoms with Gasteiger partial charge in [-0.1, -0.05) is 5.16 Å². The minimum atomic E-state index is -3.36. The lowest BCUT2D eigenvalue weighted by atomic mass is 10.1. The van der Waals surface area contributed by atoms with Crippen LogP contribution in [0.3, 0.4) is 0 Å². The molecule has 1 N–H and O–H groups in total. The lowest BCUT2D eigenvalue weighted by Gasteiger charge is -2.07. The minimum absolute atomic E-state index is 0.0936. The van der Waals surface area contributed by atoms with Gasteiger partial charge in [0.2, 0.25) is 0 Å². The monoisotopic (exact) mass is 297 g/mol. The van der Waals surface area contributed by atoms with Gasteiger partial charge in [-0.15, -0.1) is 0 Å². The second-order valence-corrected chi connectivity index (χ2v) is 6.03. The summed E-state index contributed by atoms with van der Waals surface area (Å²) in [6.45, 7) is 0. The van der Waals surface area contributed by atoms with Crippen LogP contribution in [0.2, 0.25) is 0 Å². The van der Waals surface area contributed by atoms with E-state index in [1.807, 2.05) is 0 Å². The van der Waals surface area contributed by atoms with Gasteiger partial charge in [0.1, 0.15) is 5.75 Å². The molecule has 1 aromatic heterocycles. The van der Waals surface area contributed by atoms with Gasteiger partial charge in [0.05, 0.1) is 17.6 Å². The highest BCUT2D eigenvalue weighted by atomic mass is 32.2. The molecule has 2 rings (SSSR count). The van der Waals surface area contributed by atoms with Crippen LogP contribution in [0.5, 0.6) is 5.75 Å². The third-order valence-corrected chi connectivity index (χ3v) is 3.71. The van der Waals surface area contributed by atoms with Crippen LogP contribution in [0.1, 0.15) is 10.5 Å². The van der Waals surface area contributed by atoms with E-state index in [4.69, 9.17) is 14.4 Å². The third kappa shape index (κ3) is 2.64. The number of hydrogen-bond donors (Lipinski definition) is 1. The molecule has 2 aromatic rings. The molecular formula is C12H11NO6S. The Labute approximate surface area is 114 Å². The number of sulfone groups is 1. The molecule has 7 nitrogen and oxygen atoms in total. The summed E-state index contributed by atoms with van der Waals surface area (Å²) in [5.74, 6) is -0.785. The van der Waals surface area contributed by atoms with E-state index in [-0.39, 0.29) is 22.1 Å². The predicted octanol–water partition coefficient (Wildman–Crippen LogP) is 1.45. The maximum atomic E-state index is 11.5. The van der Waals surface area contributed by atoms with Gasteiger partial charge >= 0.3 is 5.97 Å². The summed E-state index contributed by atoms with van der Waals surface area (Å²) in [7, 11) is -1.99. The largest absolute Gasteiger partial charge is 0.496 e. The molecule has 0 radical (unpaired) electrons. The zero-order valence-corrected chi connectivity index (χ0v) is 11.5. The van der Waals surface area contributed by atoms with Gasteiger partial charge in [-0.2, -0.15) is 0 Å². The molecule has 0 aliphatic rings. The number of carbonyl (C=O) groups is 1. The van der Waals surface area contributed by atoms with Crippen LogP contribution >= 0.6 is 0 Å². The molecular weight excluding hydrogens is 286 g/mol. The van der Waals surface area contributed by atoms with Gasteiger partial charge in [-0.05, 0) is 18.2 Å². The molecule has 0 saturated heterocycles. The summed E-state index contributed by atoms with van der Waals surface area (Å²) < 4.78 is 33.0. The van der Waals surface area contributed by atoms with Crippen LogP contribution in [-0.2, 0) is 9.84 Å². The van der Waals surface area contributed by atoms with Crippen LogP contribution < -0.4 is 4.74 Å². The summed E-state index contributed by atoms with van der Waals surface area (Å²) in [6, 6.07) is 5.44. The molecule has 1 heterocycles. The Hall–Kier alpha value is -2.35. The molecule has 106 valence electrons. The van der Waals surface area contributed by atoms with E-state index in [9.17, 15) is 13.2 Å². The number of benzene rings is 1. The van der Waals surface area contributed by atoms with Crippen LogP contribution in [0, 0.1) is 0 Å². The predicted molar refractivity (Wildman–Crippen MR) is 68.6 cm³/mol. The smallest absolute Gasteiger partial charge is 0.358 e. The van der Waals surface area contributed by atoms with E-state index in [1.165, 1.54) is 31.4 Å². The number of methoxy groups -OCH3 is 1. The van der Waals surface area contributed by atoms with Crippen LogP contribution in [-0.4, -0.2) is 38.0 Å². The van der Waals surface area contributed by atoms with Crippen molar-refractivity contribution in [2.75, 3.05) is 13.4 Å². The number of rotatable bonds is 4. The van der Waals surface area contributed by atoms with E-state index in [2.05, 4.69) is 5.16 Å². The summed E-state index contributed by atoms with van der Waals surface area (Å²) in [6.07, 6.45) is 1.08. The van der Waals surface area contributed by atoms with E-state index in [0.29, 0.717) is 5.56 Å². The van der Waals surface area contributed by atoms with Crippen LogP contribution in [0.15, 0.2) is 33.7 Å². The summed E-state index contributed by atoms with van der Waals surface area (Å²) in [4.78, 5) is 10.8. The standard InChI is InChI=1S/C12H11NO6S/c1-18-10-5-7(20(2,16)17)3-4-8(10)11-6-9(12(14)15)13-19-11/h3-6H,1-2H3,(H,14,15). The van der Waals surface area contributed by atoms with E-state index in [1.54, 1.807) is 0 Å². The molecule has 0 atom stereocenters. The molecule has 1 aromatic carbocycles. The molecule has 0 bridgehead atoms. The lowest BCUT2D eigenvalue weighted by molar-refractivity contribution is 0.0686. The number of hydrogen-bond acceptors (Lipinski definition) is 6. The highest BCUT2D eigenvalue weighted by Crippen LogP contribution is 2.32. The number of carboxylic acid groups (broad SMARTS) is 1. The van der Waals surface area contributed by atoms with E-state index >= 15 is 0 Å². The van der Waals surface area contributed by atoms with Crippen LogP contribution in [0.25, 0.3) is 11.3 Å². The van der Waals surface area contributed by atoms with Gasteiger partial charge in [0.25, 0.3) is 0 Å². The normalized spacial score (nSPS) is 11.3. The lowest BCUT2D eigenvalue weighted by Crippen LogP contribution is -1.98. The zero-order valence-electron chi connectivity index (χ0n) is 10.7. The van der Waals surface area contributed by atoms with Crippen molar-refractivity contribution in [3.05, 3.63) is 30.0 Å². The Morgan fingerprint density at radius 2 is 2.05 bits per heavy atom. The summed E-state index contributed by atoms with van der Waals surface area (Å²) >= 11 is 0. The summed E-state index contributed by atoms with van der Waals surface area (Å²) in [5.41, 5.74) is 0.175. The first kappa shape index (κ1) is 14.1. The van der Waals surface area contributed by atoms with Crippen molar-refractivity contribution >= 4 is 15.8 Å². The van der Waals surface area contributed by atoms with Crippen molar-refractivity contribution in [3.63, 3.8) is 0 Å². The van der Waals surface area contributed by atoms with Crippen molar-refractivity contribution in [1.82, 2.24) is 5.16 Å². The Morgan fingerprint density at radius 1 is 1.35 bits per heavy atom. The Kier molecular flexibility index (Phi) is 3.49. The molecule has 0 aliphatic heterocycles. The second-order valence-electron chi connectivity index (χ2n) is 4.02. The number of carboxylic acids is 1. The molecule has 0 spiro atoms. The van der Waals surface area contributed by atoms with Gasteiger partial charge < -0.3 is 14.4 Å². The van der Waals surface area contributed by atoms with Crippen molar-refractivity contribution in [2.24, 2.45) is 0 Å². The van der Waals surface area contributed by atoms with E-state index < -0.39 is 15.8 Å². The number of nitrogens with zero attached hydrogens (tertiary/aromatic N) is 1. The maximum Gasteiger partial charge on any atom is 0.358 e. The van der Waals surface area contributed by atoms with Crippen molar-refractivity contribution in [2.45, 2.75) is 4.90 Å². The first-order chi connectivity index (χ1) is 9.32. The number of ether oxygens (including phenoxy) is 1. The van der Waals surface area contributed by atoms with Crippen molar-refractivity contribution < 1.29 is 27.6 Å². The molecule has 8 heteroatoms. The van der Waals surface area contributed by atoms with Crippen LogP contribution in [0.4, 0.5) is 0 Å². The number of aromatic carboxylic acids is 1. The minimum Gasteiger partial charge on any atom is -0.496 e. The highest BCUT2D eigenvalue weighted by Gasteiger charge is 2.17. The quantitative estimate of drug-likeness (QED) is 0.910.